The zero-order valence-electron chi connectivity index (χ0n) is 20.3. The first-order valence-corrected chi connectivity index (χ1v) is 13.0. The molecule has 30 heavy (non-hydrogen) atoms. The van der Waals surface area contributed by atoms with E-state index in [-0.39, 0.29) is 11.5 Å². The summed E-state index contributed by atoms with van der Waals surface area (Å²) >= 11 is 0. The minimum Gasteiger partial charge on any atom is -0.367 e. The molecule has 2 nitrogen and oxygen atoms in total. The van der Waals surface area contributed by atoms with Gasteiger partial charge in [0, 0.05) is 12.3 Å². The molecule has 5 aliphatic rings. The molecule has 0 aromatic rings. The van der Waals surface area contributed by atoms with Crippen molar-refractivity contribution in [3.05, 3.63) is 11.6 Å². The summed E-state index contributed by atoms with van der Waals surface area (Å²) in [4.78, 5) is 12.4. The van der Waals surface area contributed by atoms with Gasteiger partial charge < -0.3 is 4.74 Å². The number of allylic oxidation sites excluding steroid dienone is 2. The van der Waals surface area contributed by atoms with Crippen LogP contribution < -0.4 is 0 Å². The van der Waals surface area contributed by atoms with Crippen molar-refractivity contribution in [1.82, 2.24) is 0 Å². The standard InChI is InChI=1S/C28H44O2/c1-17(7-12-25-26(3,4)30-25)20-10-11-22-19-8-9-21-18(2)24(29)14-16-28(21,6)23(19)13-15-27(20,22)5/h8,17-18,20-23,25H,7,9-16H2,1-6H3/t17-,18+,20-,21?,22+,23+,25?,27-,28+/m1/s1. The fourth-order valence-electron chi connectivity index (χ4n) is 9.09. The van der Waals surface area contributed by atoms with Gasteiger partial charge >= 0.3 is 0 Å². The van der Waals surface area contributed by atoms with Gasteiger partial charge in [-0.05, 0) is 106 Å². The molecule has 1 heterocycles. The van der Waals surface area contributed by atoms with Gasteiger partial charge in [-0.15, -0.1) is 0 Å². The number of hydrogen-bond acceptors (Lipinski definition) is 2. The molecule has 0 radical (unpaired) electrons. The summed E-state index contributed by atoms with van der Waals surface area (Å²) < 4.78 is 5.86. The molecule has 1 aliphatic heterocycles. The van der Waals surface area contributed by atoms with Gasteiger partial charge in [0.05, 0.1) is 11.7 Å². The number of rotatable bonds is 4. The van der Waals surface area contributed by atoms with Crippen LogP contribution >= 0.6 is 0 Å². The van der Waals surface area contributed by atoms with Crippen molar-refractivity contribution < 1.29 is 9.53 Å². The molecule has 0 aromatic carbocycles. The van der Waals surface area contributed by atoms with E-state index >= 15 is 0 Å². The molecule has 2 heteroatoms. The van der Waals surface area contributed by atoms with E-state index in [4.69, 9.17) is 4.74 Å². The second-order valence-corrected chi connectivity index (χ2v) is 12.9. The van der Waals surface area contributed by atoms with E-state index in [1.54, 1.807) is 0 Å². The molecule has 168 valence electrons. The van der Waals surface area contributed by atoms with Crippen LogP contribution in [0.4, 0.5) is 0 Å². The van der Waals surface area contributed by atoms with E-state index in [1.807, 2.05) is 5.57 Å². The van der Waals surface area contributed by atoms with Gasteiger partial charge in [-0.25, -0.2) is 0 Å². The third-order valence-electron chi connectivity index (χ3n) is 11.2. The molecule has 0 aromatic heterocycles. The Balaban J connectivity index is 1.33. The molecule has 3 saturated carbocycles. The number of hydrogen-bond donors (Lipinski definition) is 0. The number of epoxide rings is 1. The SMILES string of the molecule is C[C@@H]1C(=O)CC[C@@]2(C)C1CC=C1[C@@H]3CC[C@H]([C@H](C)CCC4OC4(C)C)[C@@]3(C)CC[C@@H]12. The second kappa shape index (κ2) is 6.93. The molecule has 5 rings (SSSR count). The van der Waals surface area contributed by atoms with Crippen LogP contribution in [0, 0.1) is 46.3 Å². The summed E-state index contributed by atoms with van der Waals surface area (Å²) in [6, 6.07) is 0. The highest BCUT2D eigenvalue weighted by atomic mass is 16.6. The molecular weight excluding hydrogens is 368 g/mol. The highest BCUT2D eigenvalue weighted by Crippen LogP contribution is 2.67. The summed E-state index contributed by atoms with van der Waals surface area (Å²) in [6.07, 6.45) is 14.4. The third kappa shape index (κ3) is 3.02. The van der Waals surface area contributed by atoms with Crippen LogP contribution in [-0.4, -0.2) is 17.5 Å². The molecule has 2 unspecified atom stereocenters. The Morgan fingerprint density at radius 3 is 2.47 bits per heavy atom. The minimum absolute atomic E-state index is 0.136. The van der Waals surface area contributed by atoms with Crippen molar-refractivity contribution in [3.63, 3.8) is 0 Å². The maximum atomic E-state index is 12.4. The Labute approximate surface area is 184 Å². The van der Waals surface area contributed by atoms with E-state index in [9.17, 15) is 4.79 Å². The maximum absolute atomic E-state index is 12.4. The van der Waals surface area contributed by atoms with Crippen LogP contribution in [0.2, 0.25) is 0 Å². The smallest absolute Gasteiger partial charge is 0.136 e. The van der Waals surface area contributed by atoms with Gasteiger partial charge in [0.15, 0.2) is 0 Å². The van der Waals surface area contributed by atoms with Crippen LogP contribution in [0.15, 0.2) is 11.6 Å². The highest BCUT2D eigenvalue weighted by molar-refractivity contribution is 5.82. The lowest BCUT2D eigenvalue weighted by atomic mass is 9.46. The number of ether oxygens (including phenoxy) is 1. The van der Waals surface area contributed by atoms with Gasteiger partial charge in [-0.1, -0.05) is 39.3 Å². The molecule has 0 spiro atoms. The van der Waals surface area contributed by atoms with Crippen molar-refractivity contribution in [2.75, 3.05) is 0 Å². The lowest BCUT2D eigenvalue weighted by molar-refractivity contribution is -0.134. The van der Waals surface area contributed by atoms with Crippen LogP contribution in [-0.2, 0) is 9.53 Å². The largest absolute Gasteiger partial charge is 0.367 e. The van der Waals surface area contributed by atoms with Crippen molar-refractivity contribution in [2.45, 2.75) is 111 Å². The predicted octanol–water partition coefficient (Wildman–Crippen LogP) is 6.97. The van der Waals surface area contributed by atoms with E-state index in [1.165, 1.54) is 38.5 Å². The molecule has 0 amide bonds. The molecule has 1 saturated heterocycles. The Morgan fingerprint density at radius 1 is 1.07 bits per heavy atom. The van der Waals surface area contributed by atoms with Crippen LogP contribution in [0.3, 0.4) is 0 Å². The Kier molecular flexibility index (Phi) is 4.91. The Hall–Kier alpha value is -0.630. The molecule has 4 aliphatic carbocycles. The zero-order chi connectivity index (χ0) is 21.5. The number of Topliss-reactive ketones (excluding diaryl/α,β-unsaturated/α-hetero) is 1. The van der Waals surface area contributed by atoms with Crippen molar-refractivity contribution in [2.24, 2.45) is 46.3 Å². The van der Waals surface area contributed by atoms with Crippen molar-refractivity contribution >= 4 is 5.78 Å². The average molecular weight is 413 g/mol. The fraction of sp³-hybridized carbons (Fsp3) is 0.893. The predicted molar refractivity (Wildman–Crippen MR) is 122 cm³/mol. The molecule has 0 bridgehead atoms. The number of carbonyl (C=O) groups is 1. The molecule has 4 fully saturated rings. The van der Waals surface area contributed by atoms with E-state index in [2.05, 4.69) is 47.6 Å². The Morgan fingerprint density at radius 2 is 1.77 bits per heavy atom. The summed E-state index contributed by atoms with van der Waals surface area (Å²) in [5.41, 5.74) is 2.81. The van der Waals surface area contributed by atoms with E-state index < -0.39 is 0 Å². The Bertz CT molecular complexity index is 750. The average Bonchev–Trinajstić information content (AvgIpc) is 3.14. The lowest BCUT2D eigenvalue weighted by Crippen LogP contribution is -2.51. The van der Waals surface area contributed by atoms with Crippen LogP contribution in [0.5, 0.6) is 0 Å². The summed E-state index contributed by atoms with van der Waals surface area (Å²) in [5.74, 6) is 4.56. The normalized spacial score (nSPS) is 50.2. The zero-order valence-corrected chi connectivity index (χ0v) is 20.3. The molecule has 9 atom stereocenters. The summed E-state index contributed by atoms with van der Waals surface area (Å²) in [7, 11) is 0. The van der Waals surface area contributed by atoms with Crippen LogP contribution in [0.25, 0.3) is 0 Å². The number of carbonyl (C=O) groups excluding carboxylic acids is 1. The van der Waals surface area contributed by atoms with Gasteiger partial charge in [0.25, 0.3) is 0 Å². The van der Waals surface area contributed by atoms with Crippen molar-refractivity contribution in [1.29, 1.82) is 0 Å². The fourth-order valence-corrected chi connectivity index (χ4v) is 9.09. The van der Waals surface area contributed by atoms with Gasteiger partial charge in [0.2, 0.25) is 0 Å². The second-order valence-electron chi connectivity index (χ2n) is 12.9. The molecular formula is C28H44O2. The lowest BCUT2D eigenvalue weighted by Gasteiger charge is -2.58. The highest BCUT2D eigenvalue weighted by Gasteiger charge is 2.59. The van der Waals surface area contributed by atoms with Gasteiger partial charge in [0.1, 0.15) is 5.78 Å². The third-order valence-corrected chi connectivity index (χ3v) is 11.2. The maximum Gasteiger partial charge on any atom is 0.136 e. The monoisotopic (exact) mass is 412 g/mol. The van der Waals surface area contributed by atoms with Gasteiger partial charge in [-0.3, -0.25) is 4.79 Å². The first kappa shape index (κ1) is 21.2. The van der Waals surface area contributed by atoms with Gasteiger partial charge in [-0.2, -0.15) is 0 Å². The van der Waals surface area contributed by atoms with E-state index in [0.717, 1.165) is 42.9 Å². The first-order valence-electron chi connectivity index (χ1n) is 13.0. The first-order chi connectivity index (χ1) is 14.1. The minimum atomic E-state index is 0.136. The van der Waals surface area contributed by atoms with E-state index in [0.29, 0.717) is 28.6 Å². The summed E-state index contributed by atoms with van der Waals surface area (Å²) in [5, 5.41) is 0. The topological polar surface area (TPSA) is 29.6 Å². The van der Waals surface area contributed by atoms with Crippen molar-refractivity contribution in [3.8, 4) is 0 Å². The summed E-state index contributed by atoms with van der Waals surface area (Å²) in [6.45, 7) is 14.4. The number of ketones is 1. The number of fused-ring (bicyclic) bond motifs is 5. The molecule has 0 N–H and O–H groups in total. The van der Waals surface area contributed by atoms with Crippen LogP contribution in [0.1, 0.15) is 99.3 Å². The quantitative estimate of drug-likeness (QED) is 0.368.